The molecule has 0 heterocycles. The first-order valence-electron chi connectivity index (χ1n) is 5.14. The van der Waals surface area contributed by atoms with Gasteiger partial charge in [0.05, 0.1) is 13.2 Å². The Morgan fingerprint density at radius 1 is 1.31 bits per heavy atom. The Morgan fingerprint density at radius 2 is 1.94 bits per heavy atom. The smallest absolute Gasteiger partial charge is 0.319 e. The summed E-state index contributed by atoms with van der Waals surface area (Å²) in [5.41, 5.74) is 2.41. The molecule has 0 saturated carbocycles. The molecule has 1 N–H and O–H groups in total. The van der Waals surface area contributed by atoms with Gasteiger partial charge >= 0.3 is 5.97 Å². The average Bonchev–Trinajstić information content (AvgIpc) is 2.21. The van der Waals surface area contributed by atoms with Crippen LogP contribution >= 0.6 is 12.4 Å². The van der Waals surface area contributed by atoms with Gasteiger partial charge in [0.2, 0.25) is 0 Å². The molecule has 0 aliphatic rings. The SMILES string of the molecule is CCOC(=O)CNCc1ccc(C)cc1.Cl. The standard InChI is InChI=1S/C12H17NO2.ClH/c1-3-15-12(14)9-13-8-11-6-4-10(2)5-7-11;/h4-7,13H,3,8-9H2,1-2H3;1H. The molecule has 0 unspecified atom stereocenters. The van der Waals surface area contributed by atoms with Crippen LogP contribution < -0.4 is 5.32 Å². The third kappa shape index (κ3) is 5.73. The zero-order valence-corrected chi connectivity index (χ0v) is 10.5. The molecule has 0 aliphatic carbocycles. The predicted octanol–water partition coefficient (Wildman–Crippen LogP) is 2.07. The van der Waals surface area contributed by atoms with E-state index in [1.165, 1.54) is 11.1 Å². The average molecular weight is 244 g/mol. The minimum atomic E-state index is -0.204. The van der Waals surface area contributed by atoms with Crippen LogP contribution in [0.1, 0.15) is 18.1 Å². The van der Waals surface area contributed by atoms with Gasteiger partial charge in [0.15, 0.2) is 0 Å². The summed E-state index contributed by atoms with van der Waals surface area (Å²) in [6.07, 6.45) is 0. The van der Waals surface area contributed by atoms with Crippen LogP contribution in [0.2, 0.25) is 0 Å². The van der Waals surface area contributed by atoms with Gasteiger partial charge in [-0.15, -0.1) is 12.4 Å². The first kappa shape index (κ1) is 14.9. The number of rotatable bonds is 5. The highest BCUT2D eigenvalue weighted by atomic mass is 35.5. The monoisotopic (exact) mass is 243 g/mol. The van der Waals surface area contributed by atoms with E-state index in [1.54, 1.807) is 6.92 Å². The fourth-order valence-electron chi connectivity index (χ4n) is 1.23. The largest absolute Gasteiger partial charge is 0.465 e. The van der Waals surface area contributed by atoms with Gasteiger partial charge in [-0.1, -0.05) is 29.8 Å². The molecule has 90 valence electrons. The Bertz CT molecular complexity index is 311. The molecule has 3 nitrogen and oxygen atoms in total. The highest BCUT2D eigenvalue weighted by Crippen LogP contribution is 2.02. The van der Waals surface area contributed by atoms with Crippen molar-refractivity contribution in [2.45, 2.75) is 20.4 Å². The van der Waals surface area contributed by atoms with Crippen LogP contribution in [0.5, 0.6) is 0 Å². The second kappa shape index (κ2) is 8.13. The summed E-state index contributed by atoms with van der Waals surface area (Å²) in [6, 6.07) is 8.21. The summed E-state index contributed by atoms with van der Waals surface area (Å²) in [5.74, 6) is -0.204. The predicted molar refractivity (Wildman–Crippen MR) is 66.8 cm³/mol. The van der Waals surface area contributed by atoms with E-state index in [0.29, 0.717) is 13.2 Å². The van der Waals surface area contributed by atoms with Crippen molar-refractivity contribution in [1.29, 1.82) is 0 Å². The summed E-state index contributed by atoms with van der Waals surface area (Å²) < 4.78 is 4.80. The summed E-state index contributed by atoms with van der Waals surface area (Å²) in [6.45, 7) is 5.25. The highest BCUT2D eigenvalue weighted by molar-refractivity contribution is 5.85. The quantitative estimate of drug-likeness (QED) is 0.805. The Balaban J connectivity index is 0.00000225. The van der Waals surface area contributed by atoms with Gasteiger partial charge in [0, 0.05) is 6.54 Å². The zero-order valence-electron chi connectivity index (χ0n) is 9.66. The number of esters is 1. The van der Waals surface area contributed by atoms with E-state index in [-0.39, 0.29) is 24.9 Å². The van der Waals surface area contributed by atoms with Crippen LogP contribution in [0.4, 0.5) is 0 Å². The molecule has 1 aromatic rings. The first-order valence-corrected chi connectivity index (χ1v) is 5.14. The van der Waals surface area contributed by atoms with Crippen molar-refractivity contribution < 1.29 is 9.53 Å². The van der Waals surface area contributed by atoms with Crippen molar-refractivity contribution in [2.75, 3.05) is 13.2 Å². The molecule has 0 fully saturated rings. The number of hydrogen-bond donors (Lipinski definition) is 1. The normalized spacial score (nSPS) is 9.38. The molecule has 0 atom stereocenters. The second-order valence-corrected chi connectivity index (χ2v) is 3.39. The summed E-state index contributed by atoms with van der Waals surface area (Å²) in [7, 11) is 0. The number of nitrogens with one attached hydrogen (secondary N) is 1. The van der Waals surface area contributed by atoms with Crippen molar-refractivity contribution in [1.82, 2.24) is 5.32 Å². The van der Waals surface area contributed by atoms with E-state index in [0.717, 1.165) is 0 Å². The Hall–Kier alpha value is -1.06. The van der Waals surface area contributed by atoms with Gasteiger partial charge in [-0.2, -0.15) is 0 Å². The topological polar surface area (TPSA) is 38.3 Å². The van der Waals surface area contributed by atoms with Crippen LogP contribution in [0.15, 0.2) is 24.3 Å². The maximum atomic E-state index is 11.0. The number of aryl methyl sites for hydroxylation is 1. The molecule has 4 heteroatoms. The molecule has 0 aliphatic heterocycles. The van der Waals surface area contributed by atoms with Crippen LogP contribution in [0.25, 0.3) is 0 Å². The van der Waals surface area contributed by atoms with E-state index >= 15 is 0 Å². The number of halogens is 1. The van der Waals surface area contributed by atoms with Crippen molar-refractivity contribution in [3.05, 3.63) is 35.4 Å². The fraction of sp³-hybridized carbons (Fsp3) is 0.417. The van der Waals surface area contributed by atoms with Gasteiger partial charge in [0.1, 0.15) is 0 Å². The van der Waals surface area contributed by atoms with E-state index < -0.39 is 0 Å². The molecular formula is C12H18ClNO2. The summed E-state index contributed by atoms with van der Waals surface area (Å²) in [4.78, 5) is 11.0. The number of carbonyl (C=O) groups is 1. The van der Waals surface area contributed by atoms with Gasteiger partial charge in [-0.25, -0.2) is 0 Å². The third-order valence-corrected chi connectivity index (χ3v) is 2.02. The molecule has 1 aromatic carbocycles. The van der Waals surface area contributed by atoms with Crippen LogP contribution in [0.3, 0.4) is 0 Å². The summed E-state index contributed by atoms with van der Waals surface area (Å²) >= 11 is 0. The lowest BCUT2D eigenvalue weighted by molar-refractivity contribution is -0.142. The van der Waals surface area contributed by atoms with Gasteiger partial charge in [-0.05, 0) is 19.4 Å². The highest BCUT2D eigenvalue weighted by Gasteiger charge is 1.99. The Morgan fingerprint density at radius 3 is 2.50 bits per heavy atom. The Kier molecular flexibility index (Phi) is 7.60. The molecule has 0 spiro atoms. The van der Waals surface area contributed by atoms with Gasteiger partial charge in [-0.3, -0.25) is 4.79 Å². The number of ether oxygens (including phenoxy) is 1. The Labute approximate surface area is 103 Å². The second-order valence-electron chi connectivity index (χ2n) is 3.39. The van der Waals surface area contributed by atoms with Crippen molar-refractivity contribution >= 4 is 18.4 Å². The van der Waals surface area contributed by atoms with Crippen LogP contribution in [0, 0.1) is 6.92 Å². The zero-order chi connectivity index (χ0) is 11.1. The van der Waals surface area contributed by atoms with E-state index in [1.807, 2.05) is 12.1 Å². The van der Waals surface area contributed by atoms with Crippen LogP contribution in [-0.2, 0) is 16.1 Å². The number of carbonyl (C=O) groups excluding carboxylic acids is 1. The third-order valence-electron chi connectivity index (χ3n) is 2.02. The molecular weight excluding hydrogens is 226 g/mol. The maximum absolute atomic E-state index is 11.0. The molecule has 0 saturated heterocycles. The fourth-order valence-corrected chi connectivity index (χ4v) is 1.23. The van der Waals surface area contributed by atoms with Crippen molar-refractivity contribution in [2.24, 2.45) is 0 Å². The van der Waals surface area contributed by atoms with E-state index in [4.69, 9.17) is 4.74 Å². The molecule has 0 radical (unpaired) electrons. The minimum absolute atomic E-state index is 0. The van der Waals surface area contributed by atoms with Gasteiger partial charge < -0.3 is 10.1 Å². The van der Waals surface area contributed by atoms with E-state index in [9.17, 15) is 4.79 Å². The molecule has 0 bridgehead atoms. The number of hydrogen-bond acceptors (Lipinski definition) is 3. The summed E-state index contributed by atoms with van der Waals surface area (Å²) in [5, 5.41) is 3.03. The lowest BCUT2D eigenvalue weighted by Crippen LogP contribution is -2.24. The van der Waals surface area contributed by atoms with E-state index in [2.05, 4.69) is 24.4 Å². The maximum Gasteiger partial charge on any atom is 0.319 e. The number of benzene rings is 1. The van der Waals surface area contributed by atoms with Gasteiger partial charge in [0.25, 0.3) is 0 Å². The molecule has 16 heavy (non-hydrogen) atoms. The molecule has 1 rings (SSSR count). The lowest BCUT2D eigenvalue weighted by Gasteiger charge is -2.04. The molecule has 0 aromatic heterocycles. The minimum Gasteiger partial charge on any atom is -0.465 e. The van der Waals surface area contributed by atoms with Crippen molar-refractivity contribution in [3.63, 3.8) is 0 Å². The first-order chi connectivity index (χ1) is 7.22. The van der Waals surface area contributed by atoms with Crippen LogP contribution in [-0.4, -0.2) is 19.1 Å². The van der Waals surface area contributed by atoms with Crippen molar-refractivity contribution in [3.8, 4) is 0 Å². The lowest BCUT2D eigenvalue weighted by atomic mass is 10.1. The molecule has 0 amide bonds.